The Morgan fingerprint density at radius 2 is 1.43 bits per heavy atom. The molecule has 1 saturated heterocycles. The monoisotopic (exact) mass is 530 g/mol. The van der Waals surface area contributed by atoms with E-state index < -0.39 is 81.4 Å². The van der Waals surface area contributed by atoms with Crippen molar-refractivity contribution in [3.8, 4) is 0 Å². The lowest BCUT2D eigenvalue weighted by Gasteiger charge is -2.49. The third kappa shape index (κ3) is 6.70. The average molecular weight is 531 g/mol. The van der Waals surface area contributed by atoms with Crippen LogP contribution in [0.1, 0.15) is 48.0 Å². The van der Waals surface area contributed by atoms with Crippen LogP contribution in [0.15, 0.2) is 11.3 Å². The Bertz CT molecular complexity index is 1010. The van der Waals surface area contributed by atoms with E-state index in [1.807, 2.05) is 0 Å². The van der Waals surface area contributed by atoms with Crippen LogP contribution in [0.3, 0.4) is 0 Å². The minimum absolute atomic E-state index is 0.252. The molecule has 2 atom stereocenters. The van der Waals surface area contributed by atoms with Crippen molar-refractivity contribution in [2.45, 2.75) is 76.8 Å². The second-order valence-corrected chi connectivity index (χ2v) is 11.5. The number of piperazine rings is 1. The summed E-state index contributed by atoms with van der Waals surface area (Å²) in [6, 6.07) is -2.53. The fraction of sp³-hybridized carbons (Fsp3) is 0.750. The van der Waals surface area contributed by atoms with Crippen LogP contribution >= 0.6 is 0 Å². The van der Waals surface area contributed by atoms with Gasteiger partial charge in [-0.1, -0.05) is 0 Å². The highest BCUT2D eigenvalue weighted by atomic mass is 32.2. The highest BCUT2D eigenvalue weighted by Gasteiger charge is 2.54. The maximum atomic E-state index is 13.0. The minimum Gasteiger partial charge on any atom is -0.466 e. The standard InChI is InChI=1S/C20H29F3N2O9S/c1-18(2,3)32-16(27)24-9-11-8-13(34-35(29,30)20(21,22)23)14(15(26)31-7)12(10-24)25(11)17(28)33-19(4,5)6/h11-12H,8-10H2,1-7H3. The maximum absolute atomic E-state index is 13.0. The maximum Gasteiger partial charge on any atom is 0.534 e. The normalized spacial score (nSPS) is 21.4. The second kappa shape index (κ2) is 9.39. The molecule has 2 aliphatic heterocycles. The number of alkyl halides is 3. The number of halogens is 3. The third-order valence-electron chi connectivity index (χ3n) is 4.76. The van der Waals surface area contributed by atoms with E-state index in [0.29, 0.717) is 0 Å². The predicted octanol–water partition coefficient (Wildman–Crippen LogP) is 2.91. The number of hydrogen-bond acceptors (Lipinski definition) is 9. The number of nitrogens with zero attached hydrogens (tertiary/aromatic N) is 2. The van der Waals surface area contributed by atoms with Gasteiger partial charge in [0, 0.05) is 19.5 Å². The predicted molar refractivity (Wildman–Crippen MR) is 113 cm³/mol. The van der Waals surface area contributed by atoms with Gasteiger partial charge in [-0.15, -0.1) is 0 Å². The van der Waals surface area contributed by atoms with E-state index in [1.165, 1.54) is 4.90 Å². The number of amides is 2. The van der Waals surface area contributed by atoms with E-state index in [0.717, 1.165) is 12.0 Å². The van der Waals surface area contributed by atoms with E-state index in [2.05, 4.69) is 8.92 Å². The Kier molecular flexibility index (Phi) is 7.65. The van der Waals surface area contributed by atoms with Gasteiger partial charge in [0.05, 0.1) is 19.2 Å². The van der Waals surface area contributed by atoms with Crippen LogP contribution in [0, 0.1) is 0 Å². The molecule has 15 heteroatoms. The molecule has 0 N–H and O–H groups in total. The topological polar surface area (TPSA) is 129 Å². The lowest BCUT2D eigenvalue weighted by molar-refractivity contribution is -0.138. The van der Waals surface area contributed by atoms with E-state index in [9.17, 15) is 36.0 Å². The molecule has 0 radical (unpaired) electrons. The number of methoxy groups -OCH3 is 1. The van der Waals surface area contributed by atoms with Gasteiger partial charge in [0.15, 0.2) is 0 Å². The summed E-state index contributed by atoms with van der Waals surface area (Å²) in [6.45, 7) is 8.94. The first-order valence-corrected chi connectivity index (χ1v) is 11.9. The molecule has 2 unspecified atom stereocenters. The Morgan fingerprint density at radius 1 is 0.914 bits per heavy atom. The molecule has 0 aromatic rings. The molecule has 11 nitrogen and oxygen atoms in total. The fourth-order valence-electron chi connectivity index (χ4n) is 3.56. The molecular formula is C20H29F3N2O9S. The second-order valence-electron chi connectivity index (χ2n) is 9.96. The van der Waals surface area contributed by atoms with Crippen molar-refractivity contribution in [2.24, 2.45) is 0 Å². The van der Waals surface area contributed by atoms with Gasteiger partial charge in [0.25, 0.3) is 0 Å². The first-order valence-electron chi connectivity index (χ1n) is 10.5. The van der Waals surface area contributed by atoms with Crippen molar-refractivity contribution < 1.29 is 54.4 Å². The van der Waals surface area contributed by atoms with Gasteiger partial charge in [-0.2, -0.15) is 21.6 Å². The lowest BCUT2D eigenvalue weighted by atomic mass is 9.89. The summed E-state index contributed by atoms with van der Waals surface area (Å²) in [5.74, 6) is -2.06. The number of rotatable bonds is 3. The summed E-state index contributed by atoms with van der Waals surface area (Å²) in [5, 5.41) is 0. The molecule has 200 valence electrons. The molecule has 2 amide bonds. The first-order chi connectivity index (χ1) is 15.7. The zero-order valence-corrected chi connectivity index (χ0v) is 21.2. The molecule has 0 saturated carbocycles. The van der Waals surface area contributed by atoms with Crippen molar-refractivity contribution in [3.63, 3.8) is 0 Å². The Balaban J connectivity index is 2.60. The SMILES string of the molecule is COC(=O)C1=C(OS(=O)(=O)C(F)(F)F)CC2CN(C(=O)OC(C)(C)C)CC1N2C(=O)OC(C)(C)C. The molecule has 0 aliphatic carbocycles. The van der Waals surface area contributed by atoms with E-state index in [4.69, 9.17) is 9.47 Å². The number of carbonyl (C=O) groups excluding carboxylic acids is 3. The minimum atomic E-state index is -6.13. The van der Waals surface area contributed by atoms with Crippen molar-refractivity contribution in [3.05, 3.63) is 11.3 Å². The molecule has 2 heterocycles. The van der Waals surface area contributed by atoms with Crippen molar-refractivity contribution >= 4 is 28.3 Å². The highest BCUT2D eigenvalue weighted by Crippen LogP contribution is 2.38. The van der Waals surface area contributed by atoms with E-state index in [-0.39, 0.29) is 6.54 Å². The van der Waals surface area contributed by atoms with Gasteiger partial charge >= 0.3 is 33.8 Å². The van der Waals surface area contributed by atoms with Crippen LogP contribution in [0.4, 0.5) is 22.8 Å². The highest BCUT2D eigenvalue weighted by molar-refractivity contribution is 7.87. The zero-order valence-electron chi connectivity index (χ0n) is 20.4. The first kappa shape index (κ1) is 28.5. The largest absolute Gasteiger partial charge is 0.534 e. The molecule has 2 aliphatic rings. The molecule has 2 rings (SSSR count). The Morgan fingerprint density at radius 3 is 1.89 bits per heavy atom. The molecular weight excluding hydrogens is 501 g/mol. The molecule has 0 spiro atoms. The van der Waals surface area contributed by atoms with Gasteiger partial charge in [0.2, 0.25) is 0 Å². The summed E-state index contributed by atoms with van der Waals surface area (Å²) in [5.41, 5.74) is -8.27. The lowest BCUT2D eigenvalue weighted by Crippen LogP contribution is -2.65. The zero-order chi connectivity index (χ0) is 27.1. The number of esters is 1. The molecule has 0 aromatic heterocycles. The summed E-state index contributed by atoms with van der Waals surface area (Å²) in [6.07, 6.45) is -2.36. The van der Waals surface area contributed by atoms with Gasteiger partial charge in [-0.05, 0) is 41.5 Å². The van der Waals surface area contributed by atoms with E-state index in [1.54, 1.807) is 41.5 Å². The van der Waals surface area contributed by atoms with Crippen LogP contribution in [-0.2, 0) is 33.3 Å². The van der Waals surface area contributed by atoms with Crippen molar-refractivity contribution in [2.75, 3.05) is 20.2 Å². The van der Waals surface area contributed by atoms with Crippen LogP contribution < -0.4 is 0 Å². The Hall–Kier alpha value is -2.71. The van der Waals surface area contributed by atoms with Crippen molar-refractivity contribution in [1.29, 1.82) is 0 Å². The summed E-state index contributed by atoms with van der Waals surface area (Å²) in [4.78, 5) is 40.6. The number of hydrogen-bond donors (Lipinski definition) is 0. The smallest absolute Gasteiger partial charge is 0.466 e. The number of fused-ring (bicyclic) bond motifs is 2. The Labute approximate surface area is 201 Å². The third-order valence-corrected chi connectivity index (χ3v) is 5.75. The quantitative estimate of drug-likeness (QED) is 0.234. The summed E-state index contributed by atoms with van der Waals surface area (Å²) < 4.78 is 82.1. The molecule has 35 heavy (non-hydrogen) atoms. The van der Waals surface area contributed by atoms with Gasteiger partial charge in [0.1, 0.15) is 22.5 Å². The van der Waals surface area contributed by atoms with Crippen LogP contribution in [0.25, 0.3) is 0 Å². The van der Waals surface area contributed by atoms with E-state index >= 15 is 0 Å². The molecule has 1 fully saturated rings. The van der Waals surface area contributed by atoms with Crippen molar-refractivity contribution in [1.82, 2.24) is 9.80 Å². The van der Waals surface area contributed by atoms with Crippen LogP contribution in [-0.4, -0.2) is 85.4 Å². The number of ether oxygens (including phenoxy) is 3. The van der Waals surface area contributed by atoms with Crippen LogP contribution in [0.2, 0.25) is 0 Å². The molecule has 2 bridgehead atoms. The average Bonchev–Trinajstić information content (AvgIpc) is 2.62. The summed E-state index contributed by atoms with van der Waals surface area (Å²) >= 11 is 0. The summed E-state index contributed by atoms with van der Waals surface area (Å²) in [7, 11) is -5.21. The number of carbonyl (C=O) groups is 3. The molecule has 0 aromatic carbocycles. The fourth-order valence-corrected chi connectivity index (χ4v) is 4.07. The van der Waals surface area contributed by atoms with Gasteiger partial charge < -0.3 is 23.3 Å². The van der Waals surface area contributed by atoms with Gasteiger partial charge in [-0.3, -0.25) is 4.90 Å². The van der Waals surface area contributed by atoms with Gasteiger partial charge in [-0.25, -0.2) is 14.4 Å². The van der Waals surface area contributed by atoms with Crippen LogP contribution in [0.5, 0.6) is 0 Å².